The minimum atomic E-state index is 0.0373. The highest BCUT2D eigenvalue weighted by Gasteiger charge is 2.18. The maximum absolute atomic E-state index is 5.92. The zero-order chi connectivity index (χ0) is 30.9. The first-order chi connectivity index (χ1) is 20.8. The highest BCUT2D eigenvalue weighted by molar-refractivity contribution is 5.46. The fourth-order valence-electron chi connectivity index (χ4n) is 4.46. The fraction of sp³-hybridized carbons (Fsp3) is 0.514. The molecule has 0 amide bonds. The second-order valence-electron chi connectivity index (χ2n) is 12.1. The molecule has 0 atom stereocenters. The second kappa shape index (κ2) is 19.3. The normalized spacial score (nSPS) is 11.6. The van der Waals surface area contributed by atoms with E-state index < -0.39 is 0 Å². The minimum Gasteiger partial charge on any atom is -0.491 e. The molecule has 0 bridgehead atoms. The van der Waals surface area contributed by atoms with Gasteiger partial charge in [0.25, 0.3) is 0 Å². The van der Waals surface area contributed by atoms with Crippen LogP contribution in [0.2, 0.25) is 0 Å². The van der Waals surface area contributed by atoms with Crippen molar-refractivity contribution in [3.8, 4) is 17.2 Å². The van der Waals surface area contributed by atoms with Crippen molar-refractivity contribution in [2.45, 2.75) is 47.5 Å². The summed E-state index contributed by atoms with van der Waals surface area (Å²) in [6.45, 7) is 18.4. The van der Waals surface area contributed by atoms with Crippen LogP contribution in [0.1, 0.15) is 64.2 Å². The molecule has 0 aliphatic heterocycles. The van der Waals surface area contributed by atoms with E-state index in [0.717, 1.165) is 37.1 Å². The number of benzene rings is 3. The molecule has 0 unspecified atom stereocenters. The third-order valence-corrected chi connectivity index (χ3v) is 6.48. The molecule has 43 heavy (non-hydrogen) atoms. The van der Waals surface area contributed by atoms with E-state index in [1.54, 1.807) is 0 Å². The van der Waals surface area contributed by atoms with Crippen molar-refractivity contribution >= 4 is 0 Å². The van der Waals surface area contributed by atoms with Crippen LogP contribution in [0.3, 0.4) is 0 Å². The SMILES string of the molecule is CC(C)COCCOc1ccc(C(c2ccc(OCCOCC(C)C)cc2)c2ccc(OCCOCC(C)C)cc2)cc1. The maximum atomic E-state index is 5.92. The summed E-state index contributed by atoms with van der Waals surface area (Å²) in [4.78, 5) is 0. The molecule has 0 radical (unpaired) electrons. The van der Waals surface area contributed by atoms with E-state index in [0.29, 0.717) is 57.4 Å². The van der Waals surface area contributed by atoms with Crippen molar-refractivity contribution in [3.63, 3.8) is 0 Å². The molecule has 236 valence electrons. The number of hydrogen-bond donors (Lipinski definition) is 0. The molecule has 6 heteroatoms. The van der Waals surface area contributed by atoms with Crippen molar-refractivity contribution < 1.29 is 28.4 Å². The lowest BCUT2D eigenvalue weighted by molar-refractivity contribution is 0.0819. The topological polar surface area (TPSA) is 55.4 Å². The predicted octanol–water partition coefficient (Wildman–Crippen LogP) is 8.02. The average Bonchev–Trinajstić information content (AvgIpc) is 2.98. The van der Waals surface area contributed by atoms with Gasteiger partial charge in [0.1, 0.15) is 37.1 Å². The van der Waals surface area contributed by atoms with Crippen LogP contribution >= 0.6 is 0 Å². The molecular weight excluding hydrogens is 540 g/mol. The van der Waals surface area contributed by atoms with Crippen molar-refractivity contribution in [2.24, 2.45) is 17.8 Å². The predicted molar refractivity (Wildman–Crippen MR) is 174 cm³/mol. The summed E-state index contributed by atoms with van der Waals surface area (Å²) in [7, 11) is 0. The molecule has 3 aromatic rings. The average molecular weight is 593 g/mol. The van der Waals surface area contributed by atoms with E-state index in [-0.39, 0.29) is 5.92 Å². The Balaban J connectivity index is 1.68. The lowest BCUT2D eigenvalue weighted by Crippen LogP contribution is -2.11. The van der Waals surface area contributed by atoms with Gasteiger partial charge < -0.3 is 28.4 Å². The Morgan fingerprint density at radius 3 is 0.860 bits per heavy atom. The molecule has 0 heterocycles. The number of rotatable bonds is 21. The fourth-order valence-corrected chi connectivity index (χ4v) is 4.46. The molecule has 3 aromatic carbocycles. The highest BCUT2D eigenvalue weighted by atomic mass is 16.5. The highest BCUT2D eigenvalue weighted by Crippen LogP contribution is 2.34. The summed E-state index contributed by atoms with van der Waals surface area (Å²) in [6.07, 6.45) is 0. The lowest BCUT2D eigenvalue weighted by atomic mass is 9.85. The van der Waals surface area contributed by atoms with Gasteiger partial charge in [-0.3, -0.25) is 0 Å². The summed E-state index contributed by atoms with van der Waals surface area (Å²) in [5, 5.41) is 0. The van der Waals surface area contributed by atoms with E-state index in [1.807, 2.05) is 36.4 Å². The summed E-state index contributed by atoms with van der Waals surface area (Å²) in [5.41, 5.74) is 3.53. The van der Waals surface area contributed by atoms with E-state index >= 15 is 0 Å². The molecule has 0 N–H and O–H groups in total. The van der Waals surface area contributed by atoms with E-state index in [9.17, 15) is 0 Å². The van der Waals surface area contributed by atoms with Gasteiger partial charge in [-0.2, -0.15) is 0 Å². The third kappa shape index (κ3) is 13.4. The molecule has 0 saturated heterocycles. The molecule has 0 saturated carbocycles. The van der Waals surface area contributed by atoms with Crippen LogP contribution in [0.25, 0.3) is 0 Å². The quantitative estimate of drug-likeness (QED) is 0.0922. The van der Waals surface area contributed by atoms with Crippen molar-refractivity contribution in [3.05, 3.63) is 89.5 Å². The zero-order valence-corrected chi connectivity index (χ0v) is 27.1. The molecule has 0 aliphatic rings. The minimum absolute atomic E-state index is 0.0373. The second-order valence-corrected chi connectivity index (χ2v) is 12.1. The van der Waals surface area contributed by atoms with Gasteiger partial charge in [0.2, 0.25) is 0 Å². The monoisotopic (exact) mass is 592 g/mol. The summed E-state index contributed by atoms with van der Waals surface area (Å²) >= 11 is 0. The van der Waals surface area contributed by atoms with Crippen LogP contribution < -0.4 is 14.2 Å². The number of hydrogen-bond acceptors (Lipinski definition) is 6. The first-order valence-corrected chi connectivity index (χ1v) is 15.7. The van der Waals surface area contributed by atoms with Gasteiger partial charge in [-0.1, -0.05) is 77.9 Å². The first kappa shape index (κ1) is 34.4. The Hall–Kier alpha value is -3.06. The van der Waals surface area contributed by atoms with Crippen molar-refractivity contribution in [1.82, 2.24) is 0 Å². The number of ether oxygens (including phenoxy) is 6. The molecule has 3 rings (SSSR count). The smallest absolute Gasteiger partial charge is 0.119 e. The van der Waals surface area contributed by atoms with Gasteiger partial charge in [0.05, 0.1) is 19.8 Å². The molecule has 0 spiro atoms. The van der Waals surface area contributed by atoms with Crippen LogP contribution in [-0.4, -0.2) is 59.5 Å². The van der Waals surface area contributed by atoms with Gasteiger partial charge in [-0.05, 0) is 70.8 Å². The van der Waals surface area contributed by atoms with Gasteiger partial charge in [-0.25, -0.2) is 0 Å². The Kier molecular flexibility index (Phi) is 15.4. The Morgan fingerprint density at radius 2 is 0.628 bits per heavy atom. The van der Waals surface area contributed by atoms with E-state index in [4.69, 9.17) is 28.4 Å². The summed E-state index contributed by atoms with van der Waals surface area (Å²) < 4.78 is 34.7. The van der Waals surface area contributed by atoms with Gasteiger partial charge in [0, 0.05) is 25.7 Å². The standard InChI is InChI=1S/C37H52O6/c1-28(2)25-38-19-22-41-34-13-7-31(8-14-34)37(32-9-15-35(16-10-32)42-23-20-39-26-29(3)4)33-11-17-36(18-12-33)43-24-21-40-27-30(5)6/h7-18,28-30,37H,19-27H2,1-6H3. The van der Waals surface area contributed by atoms with E-state index in [1.165, 1.54) is 16.7 Å². The van der Waals surface area contributed by atoms with Crippen LogP contribution in [0.15, 0.2) is 72.8 Å². The van der Waals surface area contributed by atoms with Gasteiger partial charge >= 0.3 is 0 Å². The first-order valence-electron chi connectivity index (χ1n) is 15.7. The zero-order valence-electron chi connectivity index (χ0n) is 27.1. The van der Waals surface area contributed by atoms with Gasteiger partial charge in [-0.15, -0.1) is 0 Å². The largest absolute Gasteiger partial charge is 0.491 e. The third-order valence-electron chi connectivity index (χ3n) is 6.48. The molecule has 6 nitrogen and oxygen atoms in total. The van der Waals surface area contributed by atoms with Crippen LogP contribution in [-0.2, 0) is 14.2 Å². The van der Waals surface area contributed by atoms with Crippen molar-refractivity contribution in [1.29, 1.82) is 0 Å². The van der Waals surface area contributed by atoms with E-state index in [2.05, 4.69) is 77.9 Å². The molecular formula is C37H52O6. The van der Waals surface area contributed by atoms with Gasteiger partial charge in [0.15, 0.2) is 0 Å². The van der Waals surface area contributed by atoms with Crippen molar-refractivity contribution in [2.75, 3.05) is 59.5 Å². The molecule has 0 fully saturated rings. The summed E-state index contributed by atoms with van der Waals surface area (Å²) in [6, 6.07) is 25.1. The van der Waals surface area contributed by atoms with Crippen LogP contribution in [0, 0.1) is 17.8 Å². The lowest BCUT2D eigenvalue weighted by Gasteiger charge is -2.20. The Morgan fingerprint density at radius 1 is 0.372 bits per heavy atom. The van der Waals surface area contributed by atoms with Crippen LogP contribution in [0.4, 0.5) is 0 Å². The Labute approximate surface area is 259 Å². The van der Waals surface area contributed by atoms with Crippen LogP contribution in [0.5, 0.6) is 17.2 Å². The summed E-state index contributed by atoms with van der Waals surface area (Å²) in [5.74, 6) is 4.10. The molecule has 0 aliphatic carbocycles. The molecule has 0 aromatic heterocycles. The maximum Gasteiger partial charge on any atom is 0.119 e. The Bertz CT molecular complexity index is 977.